The molecule has 0 aliphatic carbocycles. The summed E-state index contributed by atoms with van der Waals surface area (Å²) in [6, 6.07) is 79.1. The molecule has 1 aliphatic heterocycles. The van der Waals surface area contributed by atoms with Gasteiger partial charge < -0.3 is 18.9 Å². The first-order valence-corrected chi connectivity index (χ1v) is 27.6. The zero-order valence-electron chi connectivity index (χ0n) is 40.1. The van der Waals surface area contributed by atoms with Crippen LogP contribution in [-0.2, 0) is 0 Å². The molecule has 4 aromatic heterocycles. The SMILES string of the molecule is CN1CN(c2cccc([Si](C)(C)c3ccc4c5ccccc5n(-c5cc(C#N)c(-c6c(-n7c8ccccc8c8ccccc87)cccc6-n6c7ccccc7c7ccccc76)cn5)c4c3)c2)c2ccccc21. The van der Waals surface area contributed by atoms with Crippen molar-refractivity contribution in [1.82, 2.24) is 18.7 Å². The van der Waals surface area contributed by atoms with Crippen molar-refractivity contribution in [2.75, 3.05) is 23.5 Å². The summed E-state index contributed by atoms with van der Waals surface area (Å²) in [5.74, 6) is 0.699. The lowest BCUT2D eigenvalue weighted by atomic mass is 9.97. The molecule has 0 fully saturated rings. The van der Waals surface area contributed by atoms with Crippen LogP contribution in [0.1, 0.15) is 5.56 Å². The normalized spacial score (nSPS) is 12.8. The van der Waals surface area contributed by atoms with Crippen LogP contribution in [0.25, 0.3) is 93.7 Å². The largest absolute Gasteiger partial charge is 0.355 e. The zero-order valence-corrected chi connectivity index (χ0v) is 41.1. The number of pyridine rings is 1. The number of nitriles is 1. The molecule has 0 unspecified atom stereocenters. The van der Waals surface area contributed by atoms with Crippen molar-refractivity contribution in [3.8, 4) is 34.4 Å². The van der Waals surface area contributed by atoms with Crippen LogP contribution in [0.4, 0.5) is 17.1 Å². The van der Waals surface area contributed by atoms with Crippen molar-refractivity contribution in [3.63, 3.8) is 0 Å². The summed E-state index contributed by atoms with van der Waals surface area (Å²) < 4.78 is 7.00. The first-order valence-electron chi connectivity index (χ1n) is 24.6. The second-order valence-corrected chi connectivity index (χ2v) is 24.0. The lowest BCUT2D eigenvalue weighted by Crippen LogP contribution is -2.53. The minimum Gasteiger partial charge on any atom is -0.355 e. The quantitative estimate of drug-likeness (QED) is 0.149. The summed E-state index contributed by atoms with van der Waals surface area (Å²) >= 11 is 0. The summed E-state index contributed by atoms with van der Waals surface area (Å²) in [6.45, 7) is 5.71. The Bertz CT molecular complexity index is 4170. The van der Waals surface area contributed by atoms with E-state index in [2.05, 4.69) is 256 Å². The molecule has 342 valence electrons. The van der Waals surface area contributed by atoms with Crippen LogP contribution >= 0.6 is 0 Å². The molecule has 0 N–H and O–H groups in total. The second-order valence-electron chi connectivity index (χ2n) is 19.6. The van der Waals surface area contributed by atoms with Crippen LogP contribution in [0.3, 0.4) is 0 Å². The average molecular weight is 942 g/mol. The Morgan fingerprint density at radius 1 is 0.444 bits per heavy atom. The van der Waals surface area contributed by atoms with Crippen LogP contribution in [0.5, 0.6) is 0 Å². The molecule has 0 radical (unpaired) electrons. The topological polar surface area (TPSA) is 58.0 Å². The van der Waals surface area contributed by atoms with Gasteiger partial charge in [0.15, 0.2) is 0 Å². The van der Waals surface area contributed by atoms with E-state index in [9.17, 15) is 5.26 Å². The van der Waals surface area contributed by atoms with Crippen LogP contribution in [-0.4, -0.2) is 40.5 Å². The van der Waals surface area contributed by atoms with Crippen LogP contribution < -0.4 is 20.2 Å². The number of para-hydroxylation sites is 7. The summed E-state index contributed by atoms with van der Waals surface area (Å²) in [5, 5.41) is 21.2. The Hall–Kier alpha value is -9.16. The van der Waals surface area contributed by atoms with Crippen molar-refractivity contribution >= 4 is 101 Å². The minimum atomic E-state index is -2.28. The first kappa shape index (κ1) is 41.8. The van der Waals surface area contributed by atoms with E-state index in [-0.39, 0.29) is 0 Å². The highest BCUT2D eigenvalue weighted by Gasteiger charge is 2.31. The number of hydrogen-bond acceptors (Lipinski definition) is 4. The van der Waals surface area contributed by atoms with E-state index in [0.717, 1.165) is 73.0 Å². The number of fused-ring (bicyclic) bond motifs is 10. The molecule has 14 rings (SSSR count). The van der Waals surface area contributed by atoms with E-state index in [0.29, 0.717) is 11.4 Å². The molecule has 13 aromatic rings. The number of anilines is 3. The zero-order chi connectivity index (χ0) is 48.2. The Balaban J connectivity index is 0.973. The third-order valence-corrected chi connectivity index (χ3v) is 18.9. The molecule has 0 saturated heterocycles. The first-order chi connectivity index (χ1) is 35.4. The fourth-order valence-electron chi connectivity index (χ4n) is 11.8. The third kappa shape index (κ3) is 6.11. The van der Waals surface area contributed by atoms with Gasteiger partial charge in [-0.15, -0.1) is 0 Å². The Kier molecular flexibility index (Phi) is 9.25. The number of benzene rings is 9. The van der Waals surface area contributed by atoms with Crippen LogP contribution in [0.15, 0.2) is 219 Å². The van der Waals surface area contributed by atoms with Gasteiger partial charge in [0, 0.05) is 62.4 Å². The Morgan fingerprint density at radius 3 is 1.46 bits per heavy atom. The van der Waals surface area contributed by atoms with Gasteiger partial charge in [0.25, 0.3) is 0 Å². The Labute approximate surface area is 417 Å². The highest BCUT2D eigenvalue weighted by Crippen LogP contribution is 2.44. The van der Waals surface area contributed by atoms with Gasteiger partial charge in [-0.25, -0.2) is 4.98 Å². The number of hydrogen-bond donors (Lipinski definition) is 0. The molecule has 0 atom stereocenters. The van der Waals surface area contributed by atoms with E-state index in [4.69, 9.17) is 4.98 Å². The lowest BCUT2D eigenvalue weighted by Gasteiger charge is -2.27. The van der Waals surface area contributed by atoms with E-state index in [1.807, 2.05) is 12.3 Å². The molecule has 0 spiro atoms. The van der Waals surface area contributed by atoms with E-state index in [1.165, 1.54) is 49.0 Å². The number of aromatic nitrogens is 4. The molecule has 72 heavy (non-hydrogen) atoms. The van der Waals surface area contributed by atoms with Crippen molar-refractivity contribution < 1.29 is 0 Å². The summed E-state index contributed by atoms with van der Waals surface area (Å²) in [7, 11) is -0.122. The van der Waals surface area contributed by atoms with Gasteiger partial charge in [-0.3, -0.25) is 4.57 Å². The van der Waals surface area contributed by atoms with Gasteiger partial charge in [-0.2, -0.15) is 5.26 Å². The van der Waals surface area contributed by atoms with Gasteiger partial charge in [0.05, 0.1) is 74.2 Å². The van der Waals surface area contributed by atoms with Crippen molar-refractivity contribution in [1.29, 1.82) is 5.26 Å². The predicted octanol–water partition coefficient (Wildman–Crippen LogP) is 14.3. The molecule has 0 bridgehead atoms. The van der Waals surface area contributed by atoms with Gasteiger partial charge in [-0.1, -0.05) is 157 Å². The standard InChI is InChI=1S/C64H47N7Si/c1-67-41-68(59-31-15-14-30-58(59)67)43-18-16-19-44(37-43)72(2,3)45-34-35-51-50-24-8-13-29-57(50)71(62(51)38-45)63-36-42(39-65)52(40-66-63)64-60(69-53-25-9-4-20-46(53)47-21-5-10-26-54(47)69)32-17-33-61(64)70-55-27-11-6-22-48(55)49-23-7-12-28-56(49)70/h4-38,40H,41H2,1-3H3. The van der Waals surface area contributed by atoms with Gasteiger partial charge in [0.2, 0.25) is 0 Å². The highest BCUT2D eigenvalue weighted by atomic mass is 28.3. The second kappa shape index (κ2) is 15.9. The predicted molar refractivity (Wildman–Crippen MR) is 302 cm³/mol. The van der Waals surface area contributed by atoms with Crippen LogP contribution in [0.2, 0.25) is 13.1 Å². The van der Waals surface area contributed by atoms with Gasteiger partial charge in [-0.05, 0) is 78.9 Å². The smallest absolute Gasteiger partial charge is 0.138 e. The van der Waals surface area contributed by atoms with Crippen molar-refractivity contribution in [2.24, 2.45) is 0 Å². The highest BCUT2D eigenvalue weighted by molar-refractivity contribution is 7.00. The fraction of sp³-hybridized carbons (Fsp3) is 0.0625. The van der Waals surface area contributed by atoms with E-state index < -0.39 is 8.07 Å². The summed E-state index contributed by atoms with van der Waals surface area (Å²) in [5.41, 5.74) is 14.3. The maximum atomic E-state index is 11.5. The molecule has 1 aliphatic rings. The number of nitrogens with zero attached hydrogens (tertiary/aromatic N) is 7. The average Bonchev–Trinajstić information content (AvgIpc) is 4.16. The summed E-state index contributed by atoms with van der Waals surface area (Å²) in [6.07, 6.45) is 1.94. The molecule has 5 heterocycles. The van der Waals surface area contributed by atoms with Gasteiger partial charge in [0.1, 0.15) is 13.9 Å². The van der Waals surface area contributed by atoms with E-state index >= 15 is 0 Å². The lowest BCUT2D eigenvalue weighted by molar-refractivity contribution is 0.950. The maximum Gasteiger partial charge on any atom is 0.138 e. The van der Waals surface area contributed by atoms with Crippen LogP contribution in [0, 0.1) is 11.3 Å². The molecule has 0 saturated carbocycles. The molecule has 0 amide bonds. The summed E-state index contributed by atoms with van der Waals surface area (Å²) in [4.78, 5) is 10.2. The molecular weight excluding hydrogens is 895 g/mol. The molecule has 7 nitrogen and oxygen atoms in total. The fourth-order valence-corrected chi connectivity index (χ4v) is 14.2. The molecular formula is C64H47N7Si. The van der Waals surface area contributed by atoms with E-state index in [1.54, 1.807) is 0 Å². The number of rotatable bonds is 7. The minimum absolute atomic E-state index is 0.540. The maximum absolute atomic E-state index is 11.5. The monoisotopic (exact) mass is 941 g/mol. The molecule has 9 aromatic carbocycles. The third-order valence-electron chi connectivity index (χ3n) is 15.4. The molecule has 8 heteroatoms. The van der Waals surface area contributed by atoms with Gasteiger partial charge >= 0.3 is 0 Å². The Morgan fingerprint density at radius 2 is 0.903 bits per heavy atom. The van der Waals surface area contributed by atoms with Crippen molar-refractivity contribution in [2.45, 2.75) is 13.1 Å². The van der Waals surface area contributed by atoms with Crippen molar-refractivity contribution in [3.05, 3.63) is 224 Å².